The van der Waals surface area contributed by atoms with Crippen molar-refractivity contribution in [2.24, 2.45) is 5.73 Å². The zero-order chi connectivity index (χ0) is 22.6. The summed E-state index contributed by atoms with van der Waals surface area (Å²) in [5.74, 6) is -0.386. The summed E-state index contributed by atoms with van der Waals surface area (Å²) in [5, 5.41) is 10.8. The minimum Gasteiger partial charge on any atom is -0.459 e. The van der Waals surface area contributed by atoms with Gasteiger partial charge < -0.3 is 25.2 Å². The Labute approximate surface area is 186 Å². The Morgan fingerprint density at radius 2 is 1.81 bits per heavy atom. The van der Waals surface area contributed by atoms with Gasteiger partial charge in [-0.1, -0.05) is 12.1 Å². The van der Waals surface area contributed by atoms with Gasteiger partial charge in [-0.05, 0) is 70.6 Å². The second-order valence-electron chi connectivity index (χ2n) is 9.85. The van der Waals surface area contributed by atoms with E-state index in [-0.39, 0.29) is 5.97 Å². The molecule has 1 aliphatic carbocycles. The molecule has 7 nitrogen and oxygen atoms in total. The van der Waals surface area contributed by atoms with Crippen molar-refractivity contribution in [2.45, 2.75) is 82.9 Å². The fourth-order valence-electron chi connectivity index (χ4n) is 4.60. The zero-order valence-corrected chi connectivity index (χ0v) is 19.4. The number of aliphatic hydroxyl groups is 1. The van der Waals surface area contributed by atoms with Gasteiger partial charge in [-0.25, -0.2) is 0 Å². The van der Waals surface area contributed by atoms with Crippen LogP contribution in [-0.4, -0.2) is 72.7 Å². The molecule has 2 atom stereocenters. The van der Waals surface area contributed by atoms with E-state index in [1.54, 1.807) is 7.11 Å². The predicted octanol–water partition coefficient (Wildman–Crippen LogP) is 2.30. The SMILES string of the molecule is COC1CCC(N2CCN(c3ccc(C[C@H](N)C(=O)OC(C)(C)C)cc3)[C@@H](O)C2)CC1. The minimum absolute atomic E-state index is 0.386. The Morgan fingerprint density at radius 3 is 2.35 bits per heavy atom. The number of methoxy groups -OCH3 is 1. The van der Waals surface area contributed by atoms with Gasteiger partial charge in [-0.15, -0.1) is 0 Å². The smallest absolute Gasteiger partial charge is 0.323 e. The highest BCUT2D eigenvalue weighted by molar-refractivity contribution is 5.76. The molecule has 1 saturated heterocycles. The van der Waals surface area contributed by atoms with Crippen molar-refractivity contribution in [3.63, 3.8) is 0 Å². The molecule has 3 rings (SSSR count). The number of β-amino-alcohol motifs (C(OH)–C–C–N with tert-alkyl or cyclic N) is 1. The van der Waals surface area contributed by atoms with Crippen LogP contribution in [0, 0.1) is 0 Å². The lowest BCUT2D eigenvalue weighted by Crippen LogP contribution is -2.56. The van der Waals surface area contributed by atoms with Crippen molar-refractivity contribution >= 4 is 11.7 Å². The molecule has 3 N–H and O–H groups in total. The highest BCUT2D eigenvalue weighted by Gasteiger charge is 2.32. The number of carbonyl (C=O) groups is 1. The third-order valence-corrected chi connectivity index (χ3v) is 6.31. The van der Waals surface area contributed by atoms with E-state index < -0.39 is 17.9 Å². The largest absolute Gasteiger partial charge is 0.459 e. The molecule has 7 heteroatoms. The first-order chi connectivity index (χ1) is 14.7. The first-order valence-electron chi connectivity index (χ1n) is 11.4. The van der Waals surface area contributed by atoms with E-state index in [4.69, 9.17) is 15.2 Å². The summed E-state index contributed by atoms with van der Waals surface area (Å²) in [6.07, 6.45) is 4.77. The Balaban J connectivity index is 1.52. The summed E-state index contributed by atoms with van der Waals surface area (Å²) in [6, 6.07) is 7.81. The number of nitrogens with zero attached hydrogens (tertiary/aromatic N) is 2. The van der Waals surface area contributed by atoms with Crippen LogP contribution in [0.2, 0.25) is 0 Å². The van der Waals surface area contributed by atoms with E-state index >= 15 is 0 Å². The lowest BCUT2D eigenvalue weighted by Gasteiger charge is -2.45. The van der Waals surface area contributed by atoms with E-state index in [0.29, 0.717) is 25.1 Å². The van der Waals surface area contributed by atoms with Gasteiger partial charge in [-0.2, -0.15) is 0 Å². The maximum atomic E-state index is 12.1. The van der Waals surface area contributed by atoms with Gasteiger partial charge in [0.2, 0.25) is 0 Å². The molecule has 0 spiro atoms. The van der Waals surface area contributed by atoms with Crippen molar-refractivity contribution < 1.29 is 19.4 Å². The molecule has 1 saturated carbocycles. The van der Waals surface area contributed by atoms with Crippen LogP contribution < -0.4 is 10.6 Å². The molecule has 0 bridgehead atoms. The lowest BCUT2D eigenvalue weighted by molar-refractivity contribution is -0.156. The summed E-state index contributed by atoms with van der Waals surface area (Å²) < 4.78 is 10.8. The van der Waals surface area contributed by atoms with Crippen molar-refractivity contribution in [3.8, 4) is 0 Å². The second kappa shape index (κ2) is 10.3. The molecule has 0 aromatic heterocycles. The Hall–Kier alpha value is -1.67. The normalized spacial score (nSPS) is 26.5. The summed E-state index contributed by atoms with van der Waals surface area (Å²) in [7, 11) is 1.80. The van der Waals surface area contributed by atoms with Crippen LogP contribution in [0.3, 0.4) is 0 Å². The first-order valence-corrected chi connectivity index (χ1v) is 11.4. The fraction of sp³-hybridized carbons (Fsp3) is 0.708. The fourth-order valence-corrected chi connectivity index (χ4v) is 4.60. The maximum absolute atomic E-state index is 12.1. The molecule has 1 heterocycles. The van der Waals surface area contributed by atoms with Gasteiger partial charge >= 0.3 is 5.97 Å². The monoisotopic (exact) mass is 433 g/mol. The quantitative estimate of drug-likeness (QED) is 0.666. The van der Waals surface area contributed by atoms with Crippen molar-refractivity contribution in [1.82, 2.24) is 4.90 Å². The van der Waals surface area contributed by atoms with Crippen LogP contribution >= 0.6 is 0 Å². The van der Waals surface area contributed by atoms with Crippen molar-refractivity contribution in [1.29, 1.82) is 0 Å². The topological polar surface area (TPSA) is 88.3 Å². The maximum Gasteiger partial charge on any atom is 0.323 e. The Bertz CT molecular complexity index is 711. The van der Waals surface area contributed by atoms with Gasteiger partial charge in [0, 0.05) is 38.5 Å². The highest BCUT2D eigenvalue weighted by atomic mass is 16.6. The average Bonchev–Trinajstić information content (AvgIpc) is 2.73. The number of benzene rings is 1. The lowest BCUT2D eigenvalue weighted by atomic mass is 9.91. The van der Waals surface area contributed by atoms with Crippen LogP contribution in [0.15, 0.2) is 24.3 Å². The number of hydrogen-bond donors (Lipinski definition) is 2. The zero-order valence-electron chi connectivity index (χ0n) is 19.4. The number of piperazine rings is 1. The summed E-state index contributed by atoms with van der Waals surface area (Å²) in [5.41, 5.74) is 7.45. The average molecular weight is 434 g/mol. The van der Waals surface area contributed by atoms with E-state index in [2.05, 4.69) is 9.80 Å². The first kappa shape index (κ1) is 24.0. The molecule has 1 aromatic carbocycles. The Kier molecular flexibility index (Phi) is 7.97. The molecule has 0 unspecified atom stereocenters. The molecule has 1 aliphatic heterocycles. The highest BCUT2D eigenvalue weighted by Crippen LogP contribution is 2.28. The number of hydrogen-bond acceptors (Lipinski definition) is 7. The van der Waals surface area contributed by atoms with Crippen LogP contribution in [0.4, 0.5) is 5.69 Å². The number of nitrogens with two attached hydrogens (primary N) is 1. The molecule has 0 radical (unpaired) electrons. The standard InChI is InChI=1S/C24H39N3O4/c1-24(2,3)31-23(29)21(25)15-17-5-7-19(8-6-17)27-14-13-26(16-22(27)28)18-9-11-20(30-4)12-10-18/h5-8,18,20-22,28H,9-16,25H2,1-4H3/t18?,20?,21-,22-/m0/s1. The van der Waals surface area contributed by atoms with Crippen molar-refractivity contribution in [2.75, 3.05) is 31.6 Å². The van der Waals surface area contributed by atoms with Gasteiger partial charge in [0.25, 0.3) is 0 Å². The van der Waals surface area contributed by atoms with Crippen molar-refractivity contribution in [3.05, 3.63) is 29.8 Å². The summed E-state index contributed by atoms with van der Waals surface area (Å²) >= 11 is 0. The van der Waals surface area contributed by atoms with E-state index in [1.165, 1.54) is 0 Å². The third-order valence-electron chi connectivity index (χ3n) is 6.31. The molecular weight excluding hydrogens is 394 g/mol. The van der Waals surface area contributed by atoms with E-state index in [1.807, 2.05) is 45.0 Å². The predicted molar refractivity (Wildman–Crippen MR) is 122 cm³/mol. The van der Waals surface area contributed by atoms with E-state index in [9.17, 15) is 9.90 Å². The van der Waals surface area contributed by atoms with Crippen LogP contribution in [-0.2, 0) is 20.7 Å². The summed E-state index contributed by atoms with van der Waals surface area (Å²) in [6.45, 7) is 7.91. The number of rotatable bonds is 6. The van der Waals surface area contributed by atoms with Crippen LogP contribution in [0.1, 0.15) is 52.0 Å². The number of carbonyl (C=O) groups excluding carboxylic acids is 1. The van der Waals surface area contributed by atoms with Crippen LogP contribution in [0.5, 0.6) is 0 Å². The molecule has 2 fully saturated rings. The number of esters is 1. The van der Waals surface area contributed by atoms with Gasteiger partial charge in [0.15, 0.2) is 0 Å². The number of aliphatic hydroxyl groups excluding tert-OH is 1. The number of ether oxygens (including phenoxy) is 2. The van der Waals surface area contributed by atoms with E-state index in [0.717, 1.165) is 50.0 Å². The Morgan fingerprint density at radius 1 is 1.16 bits per heavy atom. The second-order valence-corrected chi connectivity index (χ2v) is 9.85. The molecule has 2 aliphatic rings. The third kappa shape index (κ3) is 6.65. The molecule has 0 amide bonds. The van der Waals surface area contributed by atoms with Gasteiger partial charge in [-0.3, -0.25) is 9.69 Å². The number of anilines is 1. The van der Waals surface area contributed by atoms with Gasteiger partial charge in [0.1, 0.15) is 17.9 Å². The van der Waals surface area contributed by atoms with Gasteiger partial charge in [0.05, 0.1) is 6.10 Å². The molecule has 31 heavy (non-hydrogen) atoms. The minimum atomic E-state index is -0.688. The molecule has 174 valence electrons. The molecule has 1 aromatic rings. The summed E-state index contributed by atoms with van der Waals surface area (Å²) in [4.78, 5) is 16.6. The molecular formula is C24H39N3O4. The van der Waals surface area contributed by atoms with Crippen LogP contribution in [0.25, 0.3) is 0 Å².